The van der Waals surface area contributed by atoms with E-state index >= 15 is 0 Å². The summed E-state index contributed by atoms with van der Waals surface area (Å²) in [7, 11) is 0. The lowest BCUT2D eigenvalue weighted by Gasteiger charge is -2.05. The van der Waals surface area contributed by atoms with Crippen molar-refractivity contribution in [1.82, 2.24) is 0 Å². The molecule has 0 rings (SSSR count). The number of aliphatic hydroxyl groups excluding tert-OH is 1. The Bertz CT molecular complexity index is 476. The maximum atomic E-state index is 10.3. The summed E-state index contributed by atoms with van der Waals surface area (Å²) < 4.78 is 0. The lowest BCUT2D eigenvalue weighted by molar-refractivity contribution is -0.139. The van der Waals surface area contributed by atoms with Gasteiger partial charge in [0, 0.05) is 0 Å². The van der Waals surface area contributed by atoms with Gasteiger partial charge in [-0.1, -0.05) is 36.1 Å². The molecule has 0 aromatic carbocycles. The average Bonchev–Trinajstić information content (AvgIpc) is 2.39. The van der Waals surface area contributed by atoms with Gasteiger partial charge < -0.3 is 10.2 Å². The molecule has 0 aromatic heterocycles. The first-order chi connectivity index (χ1) is 9.66. The quantitative estimate of drug-likeness (QED) is 0.425. The van der Waals surface area contributed by atoms with E-state index in [0.29, 0.717) is 6.42 Å². The molecule has 0 radical (unpaired) electrons. The topological polar surface area (TPSA) is 57.5 Å². The number of carbonyl (C=O) groups is 1. The largest absolute Gasteiger partial charge is 0.481 e. The van der Waals surface area contributed by atoms with Crippen molar-refractivity contribution in [2.24, 2.45) is 0 Å². The molecular formula is C17H20O3. The molecule has 0 aliphatic heterocycles. The maximum absolute atomic E-state index is 10.3. The zero-order valence-electron chi connectivity index (χ0n) is 11.7. The highest BCUT2D eigenvalue weighted by Crippen LogP contribution is 2.05. The lowest BCUT2D eigenvalue weighted by Crippen LogP contribution is -2.12. The van der Waals surface area contributed by atoms with Crippen molar-refractivity contribution in [2.75, 3.05) is 0 Å². The number of allylic oxidation sites excluding steroid dienone is 6. The Kier molecular flexibility index (Phi) is 11.7. The van der Waals surface area contributed by atoms with Gasteiger partial charge in [0.2, 0.25) is 0 Å². The molecule has 0 aliphatic rings. The standard InChI is InChI=1S/C17H20O3/c1-2-3-4-5-6-7-8-9-10-11-12-13-14-16(18)15-17(19)20/h2-3,8-11,16,18H,12-15H2,1H3,(H,19,20)/b3-2+,9-8+,11-10+/t16-/m0/s1. The SMILES string of the molecule is C/C=C/C#CC#C/C=C/C=C/CCC[C@H](O)CC(=O)O. The van der Waals surface area contributed by atoms with Crippen LogP contribution in [0, 0.1) is 23.7 Å². The van der Waals surface area contributed by atoms with Gasteiger partial charge in [0.1, 0.15) is 0 Å². The van der Waals surface area contributed by atoms with Crippen LogP contribution >= 0.6 is 0 Å². The molecule has 3 nitrogen and oxygen atoms in total. The first-order valence-electron chi connectivity index (χ1n) is 6.50. The summed E-state index contributed by atoms with van der Waals surface area (Å²) in [4.78, 5) is 10.3. The number of carboxylic acids is 1. The molecule has 20 heavy (non-hydrogen) atoms. The second kappa shape index (κ2) is 13.2. The third-order valence-electron chi connectivity index (χ3n) is 2.20. The van der Waals surface area contributed by atoms with E-state index in [1.165, 1.54) is 0 Å². The molecule has 0 aliphatic carbocycles. The summed E-state index contributed by atoms with van der Waals surface area (Å²) >= 11 is 0. The lowest BCUT2D eigenvalue weighted by atomic mass is 10.1. The second-order valence-electron chi connectivity index (χ2n) is 4.01. The van der Waals surface area contributed by atoms with E-state index in [9.17, 15) is 9.90 Å². The minimum absolute atomic E-state index is 0.187. The van der Waals surface area contributed by atoms with Crippen LogP contribution in [0.25, 0.3) is 0 Å². The molecule has 1 atom stereocenters. The van der Waals surface area contributed by atoms with Gasteiger partial charge >= 0.3 is 5.97 Å². The van der Waals surface area contributed by atoms with Crippen LogP contribution in [0.2, 0.25) is 0 Å². The number of aliphatic carboxylic acids is 1. The van der Waals surface area contributed by atoms with Crippen LogP contribution in [0.5, 0.6) is 0 Å². The summed E-state index contributed by atoms with van der Waals surface area (Å²) in [6, 6.07) is 0. The number of unbranched alkanes of at least 4 members (excludes halogenated alkanes) is 1. The summed E-state index contributed by atoms with van der Waals surface area (Å²) in [5, 5.41) is 17.8. The molecule has 0 amide bonds. The number of carboxylic acid groups (broad SMARTS) is 1. The second-order valence-corrected chi connectivity index (χ2v) is 4.01. The minimum atomic E-state index is -0.966. The average molecular weight is 272 g/mol. The molecule has 0 saturated heterocycles. The Labute approximate surface area is 120 Å². The van der Waals surface area contributed by atoms with E-state index in [1.807, 2.05) is 31.2 Å². The fourth-order valence-electron chi connectivity index (χ4n) is 1.29. The summed E-state index contributed by atoms with van der Waals surface area (Å²) in [6.07, 6.45) is 12.1. The van der Waals surface area contributed by atoms with E-state index in [4.69, 9.17) is 5.11 Å². The van der Waals surface area contributed by atoms with Gasteiger partial charge in [-0.2, -0.15) is 0 Å². The summed E-state index contributed by atoms with van der Waals surface area (Å²) in [5.74, 6) is 9.93. The zero-order valence-corrected chi connectivity index (χ0v) is 11.7. The Hall–Kier alpha value is -2.23. The Morgan fingerprint density at radius 1 is 1.20 bits per heavy atom. The van der Waals surface area contributed by atoms with Crippen LogP contribution in [-0.2, 0) is 4.79 Å². The fourth-order valence-corrected chi connectivity index (χ4v) is 1.29. The number of hydrogen-bond acceptors (Lipinski definition) is 2. The monoisotopic (exact) mass is 272 g/mol. The van der Waals surface area contributed by atoms with Gasteiger partial charge in [0.15, 0.2) is 0 Å². The van der Waals surface area contributed by atoms with Crippen LogP contribution in [-0.4, -0.2) is 22.3 Å². The van der Waals surface area contributed by atoms with Crippen molar-refractivity contribution in [3.63, 3.8) is 0 Å². The Balaban J connectivity index is 3.72. The molecule has 0 bridgehead atoms. The molecule has 3 heteroatoms. The molecule has 0 unspecified atom stereocenters. The maximum Gasteiger partial charge on any atom is 0.305 e. The highest BCUT2D eigenvalue weighted by atomic mass is 16.4. The molecule has 0 saturated carbocycles. The normalized spacial score (nSPS) is 12.1. The van der Waals surface area contributed by atoms with Gasteiger partial charge in [0.25, 0.3) is 0 Å². The van der Waals surface area contributed by atoms with E-state index in [0.717, 1.165) is 12.8 Å². The predicted octanol–water partition coefficient (Wildman–Crippen LogP) is 2.69. The van der Waals surface area contributed by atoms with Gasteiger partial charge in [-0.15, -0.1) is 0 Å². The van der Waals surface area contributed by atoms with Crippen molar-refractivity contribution >= 4 is 5.97 Å². The predicted molar refractivity (Wildman–Crippen MR) is 80.8 cm³/mol. The molecule has 0 fully saturated rings. The van der Waals surface area contributed by atoms with Gasteiger partial charge in [0.05, 0.1) is 12.5 Å². The van der Waals surface area contributed by atoms with Crippen molar-refractivity contribution in [1.29, 1.82) is 0 Å². The minimum Gasteiger partial charge on any atom is -0.481 e. The van der Waals surface area contributed by atoms with Gasteiger partial charge in [-0.05, 0) is 50.2 Å². The highest BCUT2D eigenvalue weighted by molar-refractivity contribution is 5.67. The van der Waals surface area contributed by atoms with Crippen LogP contribution in [0.4, 0.5) is 0 Å². The van der Waals surface area contributed by atoms with E-state index in [-0.39, 0.29) is 6.42 Å². The van der Waals surface area contributed by atoms with E-state index in [1.54, 1.807) is 12.2 Å². The molecule has 0 aromatic rings. The summed E-state index contributed by atoms with van der Waals surface area (Å²) in [6.45, 7) is 1.90. The van der Waals surface area contributed by atoms with Crippen LogP contribution in [0.15, 0.2) is 36.5 Å². The summed E-state index contributed by atoms with van der Waals surface area (Å²) in [5.41, 5.74) is 0. The molecule has 0 spiro atoms. The molecule has 106 valence electrons. The molecular weight excluding hydrogens is 252 g/mol. The fraction of sp³-hybridized carbons (Fsp3) is 0.353. The third kappa shape index (κ3) is 13.8. The Morgan fingerprint density at radius 2 is 1.90 bits per heavy atom. The first-order valence-corrected chi connectivity index (χ1v) is 6.50. The zero-order chi connectivity index (χ0) is 15.1. The van der Waals surface area contributed by atoms with Gasteiger partial charge in [-0.25, -0.2) is 0 Å². The van der Waals surface area contributed by atoms with Crippen molar-refractivity contribution in [2.45, 2.75) is 38.7 Å². The van der Waals surface area contributed by atoms with Crippen LogP contribution in [0.3, 0.4) is 0 Å². The van der Waals surface area contributed by atoms with Crippen LogP contribution in [0.1, 0.15) is 32.6 Å². The van der Waals surface area contributed by atoms with Crippen molar-refractivity contribution in [3.05, 3.63) is 36.5 Å². The van der Waals surface area contributed by atoms with Crippen molar-refractivity contribution in [3.8, 4) is 23.7 Å². The highest BCUT2D eigenvalue weighted by Gasteiger charge is 2.07. The molecule has 0 heterocycles. The van der Waals surface area contributed by atoms with Crippen LogP contribution < -0.4 is 0 Å². The van der Waals surface area contributed by atoms with E-state index < -0.39 is 12.1 Å². The Morgan fingerprint density at radius 3 is 2.55 bits per heavy atom. The van der Waals surface area contributed by atoms with Gasteiger partial charge in [-0.3, -0.25) is 4.79 Å². The number of hydrogen-bond donors (Lipinski definition) is 2. The third-order valence-corrected chi connectivity index (χ3v) is 2.20. The first kappa shape index (κ1) is 17.8. The van der Waals surface area contributed by atoms with E-state index in [2.05, 4.69) is 23.7 Å². The number of rotatable bonds is 7. The number of aliphatic hydroxyl groups is 1. The smallest absolute Gasteiger partial charge is 0.305 e. The van der Waals surface area contributed by atoms with Crippen molar-refractivity contribution < 1.29 is 15.0 Å². The molecule has 2 N–H and O–H groups in total.